The van der Waals surface area contributed by atoms with Crippen molar-refractivity contribution in [3.8, 4) is 9.88 Å². The SMILES string of the molecule is Cc1nc(-c2cccs2)sc1C(=O)N(CCC(=O)O)C(C)C. The molecule has 5 nitrogen and oxygen atoms in total. The lowest BCUT2D eigenvalue weighted by atomic mass is 10.2. The van der Waals surface area contributed by atoms with E-state index >= 15 is 0 Å². The number of thiophene rings is 1. The molecule has 1 amide bonds. The number of carboxylic acids is 1. The maximum Gasteiger partial charge on any atom is 0.305 e. The molecule has 2 rings (SSSR count). The monoisotopic (exact) mass is 338 g/mol. The van der Waals surface area contributed by atoms with E-state index in [4.69, 9.17) is 5.11 Å². The van der Waals surface area contributed by atoms with Crippen LogP contribution in [0.25, 0.3) is 9.88 Å². The van der Waals surface area contributed by atoms with Gasteiger partial charge in [-0.1, -0.05) is 6.07 Å². The summed E-state index contributed by atoms with van der Waals surface area (Å²) >= 11 is 2.95. The molecule has 0 saturated heterocycles. The van der Waals surface area contributed by atoms with Crippen LogP contribution in [0.1, 0.15) is 35.6 Å². The van der Waals surface area contributed by atoms with Gasteiger partial charge in [-0.05, 0) is 32.2 Å². The standard InChI is InChI=1S/C15H18N2O3S2/c1-9(2)17(7-6-12(18)19)15(20)13-10(3)16-14(22-13)11-5-4-8-21-11/h4-5,8-9H,6-7H2,1-3H3,(H,18,19). The Labute approximate surface area is 137 Å². The highest BCUT2D eigenvalue weighted by molar-refractivity contribution is 7.22. The Bertz CT molecular complexity index is 662. The van der Waals surface area contributed by atoms with Crippen molar-refractivity contribution in [3.63, 3.8) is 0 Å². The summed E-state index contributed by atoms with van der Waals surface area (Å²) in [5, 5.41) is 11.6. The number of hydrogen-bond donors (Lipinski definition) is 1. The molecule has 7 heteroatoms. The second kappa shape index (κ2) is 7.02. The van der Waals surface area contributed by atoms with Crippen molar-refractivity contribution in [2.24, 2.45) is 0 Å². The molecule has 2 aromatic heterocycles. The van der Waals surface area contributed by atoms with Gasteiger partial charge in [-0.15, -0.1) is 22.7 Å². The maximum atomic E-state index is 12.7. The normalized spacial score (nSPS) is 10.9. The van der Waals surface area contributed by atoms with E-state index in [0.717, 1.165) is 9.88 Å². The molecule has 2 heterocycles. The van der Waals surface area contributed by atoms with Gasteiger partial charge in [0.05, 0.1) is 17.0 Å². The van der Waals surface area contributed by atoms with Crippen molar-refractivity contribution in [2.75, 3.05) is 6.54 Å². The van der Waals surface area contributed by atoms with Crippen molar-refractivity contribution in [1.82, 2.24) is 9.88 Å². The average Bonchev–Trinajstić information content (AvgIpc) is 3.06. The van der Waals surface area contributed by atoms with Crippen LogP contribution >= 0.6 is 22.7 Å². The highest BCUT2D eigenvalue weighted by Crippen LogP contribution is 2.31. The minimum Gasteiger partial charge on any atom is -0.481 e. The Morgan fingerprint density at radius 3 is 2.68 bits per heavy atom. The fourth-order valence-electron chi connectivity index (χ4n) is 2.04. The first-order valence-electron chi connectivity index (χ1n) is 6.94. The van der Waals surface area contributed by atoms with E-state index in [1.165, 1.54) is 11.3 Å². The Morgan fingerprint density at radius 1 is 1.41 bits per heavy atom. The lowest BCUT2D eigenvalue weighted by molar-refractivity contribution is -0.137. The van der Waals surface area contributed by atoms with Gasteiger partial charge >= 0.3 is 5.97 Å². The van der Waals surface area contributed by atoms with Gasteiger partial charge in [0.25, 0.3) is 5.91 Å². The van der Waals surface area contributed by atoms with Crippen LogP contribution < -0.4 is 0 Å². The van der Waals surface area contributed by atoms with Crippen LogP contribution in [0.15, 0.2) is 17.5 Å². The van der Waals surface area contributed by atoms with Crippen molar-refractivity contribution in [2.45, 2.75) is 33.2 Å². The molecule has 0 aliphatic carbocycles. The zero-order valence-corrected chi connectivity index (χ0v) is 14.3. The quantitative estimate of drug-likeness (QED) is 0.875. The first-order chi connectivity index (χ1) is 10.4. The molecule has 0 aliphatic heterocycles. The number of aromatic nitrogens is 1. The summed E-state index contributed by atoms with van der Waals surface area (Å²) in [6.07, 6.45) is -0.0560. The smallest absolute Gasteiger partial charge is 0.305 e. The van der Waals surface area contributed by atoms with E-state index in [0.29, 0.717) is 10.6 Å². The van der Waals surface area contributed by atoms with Crippen LogP contribution in [0.3, 0.4) is 0 Å². The number of carbonyl (C=O) groups is 2. The fraction of sp³-hybridized carbons (Fsp3) is 0.400. The zero-order valence-electron chi connectivity index (χ0n) is 12.7. The molecule has 0 radical (unpaired) electrons. The van der Waals surface area contributed by atoms with E-state index in [2.05, 4.69) is 4.98 Å². The molecule has 1 N–H and O–H groups in total. The van der Waals surface area contributed by atoms with Crippen LogP contribution in [0.2, 0.25) is 0 Å². The highest BCUT2D eigenvalue weighted by Gasteiger charge is 2.24. The molecule has 0 aromatic carbocycles. The van der Waals surface area contributed by atoms with Gasteiger partial charge in [-0.2, -0.15) is 0 Å². The number of thiazole rings is 1. The van der Waals surface area contributed by atoms with Gasteiger partial charge in [-0.25, -0.2) is 4.98 Å². The van der Waals surface area contributed by atoms with Gasteiger partial charge in [0.15, 0.2) is 0 Å². The zero-order chi connectivity index (χ0) is 16.3. The summed E-state index contributed by atoms with van der Waals surface area (Å²) < 4.78 is 0. The minimum atomic E-state index is -0.904. The Kier molecular flexibility index (Phi) is 5.31. The second-order valence-corrected chi connectivity index (χ2v) is 7.09. The molecular formula is C15H18N2O3S2. The first-order valence-corrected chi connectivity index (χ1v) is 8.63. The summed E-state index contributed by atoms with van der Waals surface area (Å²) in [6, 6.07) is 3.87. The molecule has 0 bridgehead atoms. The number of aryl methyl sites for hydroxylation is 1. The molecule has 118 valence electrons. The third-order valence-electron chi connectivity index (χ3n) is 3.17. The van der Waals surface area contributed by atoms with Crippen molar-refractivity contribution in [3.05, 3.63) is 28.1 Å². The van der Waals surface area contributed by atoms with Gasteiger partial charge in [0.1, 0.15) is 9.88 Å². The topological polar surface area (TPSA) is 70.5 Å². The molecule has 0 aliphatic rings. The van der Waals surface area contributed by atoms with E-state index in [1.54, 1.807) is 16.2 Å². The van der Waals surface area contributed by atoms with Crippen LogP contribution in [0, 0.1) is 6.92 Å². The predicted octanol–water partition coefficient (Wildman–Crippen LogP) is 3.51. The molecular weight excluding hydrogens is 320 g/mol. The summed E-state index contributed by atoms with van der Waals surface area (Å²) in [7, 11) is 0. The molecule has 0 saturated carbocycles. The Balaban J connectivity index is 2.25. The second-order valence-electron chi connectivity index (χ2n) is 5.15. The van der Waals surface area contributed by atoms with E-state index < -0.39 is 5.97 Å². The maximum absolute atomic E-state index is 12.7. The largest absolute Gasteiger partial charge is 0.481 e. The fourth-order valence-corrected chi connectivity index (χ4v) is 3.86. The lowest BCUT2D eigenvalue weighted by Gasteiger charge is -2.25. The van der Waals surface area contributed by atoms with E-state index in [9.17, 15) is 9.59 Å². The molecule has 0 fully saturated rings. The average molecular weight is 338 g/mol. The summed E-state index contributed by atoms with van der Waals surface area (Å²) in [5.41, 5.74) is 0.694. The van der Waals surface area contributed by atoms with Crippen molar-refractivity contribution >= 4 is 34.6 Å². The van der Waals surface area contributed by atoms with Gasteiger partial charge in [0, 0.05) is 12.6 Å². The number of rotatable bonds is 6. The number of aliphatic carboxylic acids is 1. The minimum absolute atomic E-state index is 0.0560. The van der Waals surface area contributed by atoms with Crippen molar-refractivity contribution in [1.29, 1.82) is 0 Å². The Hall–Kier alpha value is -1.73. The summed E-state index contributed by atoms with van der Waals surface area (Å²) in [6.45, 7) is 5.79. The number of nitrogens with zero attached hydrogens (tertiary/aromatic N) is 2. The third-order valence-corrected chi connectivity index (χ3v) is 5.36. The van der Waals surface area contributed by atoms with Crippen LogP contribution in [-0.4, -0.2) is 39.5 Å². The number of carbonyl (C=O) groups excluding carboxylic acids is 1. The summed E-state index contributed by atoms with van der Waals surface area (Å²) in [5.74, 6) is -1.05. The Morgan fingerprint density at radius 2 is 2.14 bits per heavy atom. The predicted molar refractivity (Wildman–Crippen MR) is 88.6 cm³/mol. The van der Waals surface area contributed by atoms with E-state index in [-0.39, 0.29) is 24.9 Å². The molecule has 2 aromatic rings. The number of hydrogen-bond acceptors (Lipinski definition) is 5. The van der Waals surface area contributed by atoms with Crippen LogP contribution in [-0.2, 0) is 4.79 Å². The third kappa shape index (κ3) is 3.72. The van der Waals surface area contributed by atoms with Crippen LogP contribution in [0.4, 0.5) is 0 Å². The van der Waals surface area contributed by atoms with Gasteiger partial charge in [-0.3, -0.25) is 9.59 Å². The lowest BCUT2D eigenvalue weighted by Crippen LogP contribution is -2.38. The molecule has 22 heavy (non-hydrogen) atoms. The molecule has 0 atom stereocenters. The number of amides is 1. The van der Waals surface area contributed by atoms with Crippen molar-refractivity contribution < 1.29 is 14.7 Å². The van der Waals surface area contributed by atoms with E-state index in [1.807, 2.05) is 38.3 Å². The first kappa shape index (κ1) is 16.6. The molecule has 0 spiro atoms. The number of carboxylic acid groups (broad SMARTS) is 1. The van der Waals surface area contributed by atoms with Gasteiger partial charge < -0.3 is 10.0 Å². The molecule has 0 unspecified atom stereocenters. The van der Waals surface area contributed by atoms with Gasteiger partial charge in [0.2, 0.25) is 0 Å². The van der Waals surface area contributed by atoms with Crippen LogP contribution in [0.5, 0.6) is 0 Å². The summed E-state index contributed by atoms with van der Waals surface area (Å²) in [4.78, 5) is 31.2. The highest BCUT2D eigenvalue weighted by atomic mass is 32.1.